The molecule has 0 spiro atoms. The highest BCUT2D eigenvalue weighted by Crippen LogP contribution is 2.38. The first kappa shape index (κ1) is 32.0. The van der Waals surface area contributed by atoms with Gasteiger partial charge in [-0.05, 0) is 73.0 Å². The molecule has 8 nitrogen and oxygen atoms in total. The SMILES string of the molecule is CCOc1ccc(-c2ccc(OCCN3CCOCC3)c(C=C3SC(=S)N(CCc4ccc(C(=O)O)cc4)C3=O)c2)c(Cl)c1. The van der Waals surface area contributed by atoms with E-state index in [9.17, 15) is 9.59 Å². The number of ether oxygens (including phenoxy) is 3. The minimum absolute atomic E-state index is 0.175. The zero-order valence-corrected chi connectivity index (χ0v) is 26.7. The lowest BCUT2D eigenvalue weighted by atomic mass is 10.0. The normalized spacial score (nSPS) is 16.5. The summed E-state index contributed by atoms with van der Waals surface area (Å²) < 4.78 is 17.8. The van der Waals surface area contributed by atoms with Gasteiger partial charge in [0.05, 0.1) is 35.3 Å². The number of amides is 1. The molecule has 2 heterocycles. The zero-order valence-electron chi connectivity index (χ0n) is 24.3. The number of carbonyl (C=O) groups excluding carboxylic acids is 1. The monoisotopic (exact) mass is 652 g/mol. The summed E-state index contributed by atoms with van der Waals surface area (Å²) >= 11 is 13.5. The molecule has 230 valence electrons. The smallest absolute Gasteiger partial charge is 0.335 e. The number of benzene rings is 3. The summed E-state index contributed by atoms with van der Waals surface area (Å²) in [5.74, 6) is 0.210. The van der Waals surface area contributed by atoms with Gasteiger partial charge in [-0.3, -0.25) is 14.6 Å². The number of hydrogen-bond acceptors (Lipinski definition) is 8. The summed E-state index contributed by atoms with van der Waals surface area (Å²) in [5.41, 5.74) is 3.61. The number of thiocarbonyl (C=S) groups is 1. The molecule has 0 radical (unpaired) electrons. The van der Waals surface area contributed by atoms with Gasteiger partial charge in [0.2, 0.25) is 0 Å². The van der Waals surface area contributed by atoms with E-state index < -0.39 is 5.97 Å². The molecule has 0 unspecified atom stereocenters. The maximum absolute atomic E-state index is 13.5. The fourth-order valence-corrected chi connectivity index (χ4v) is 6.52. The highest BCUT2D eigenvalue weighted by atomic mass is 35.5. The largest absolute Gasteiger partial charge is 0.494 e. The van der Waals surface area contributed by atoms with Gasteiger partial charge in [0.25, 0.3) is 5.91 Å². The number of nitrogens with zero attached hydrogens (tertiary/aromatic N) is 2. The lowest BCUT2D eigenvalue weighted by Gasteiger charge is -2.26. The maximum atomic E-state index is 13.5. The molecule has 2 fully saturated rings. The Morgan fingerprint density at radius 3 is 2.55 bits per heavy atom. The van der Waals surface area contributed by atoms with Crippen molar-refractivity contribution in [3.05, 3.63) is 87.3 Å². The molecule has 1 N–H and O–H groups in total. The van der Waals surface area contributed by atoms with Crippen molar-refractivity contribution in [2.45, 2.75) is 13.3 Å². The Morgan fingerprint density at radius 1 is 1.07 bits per heavy atom. The number of aromatic carboxylic acids is 1. The Kier molecular flexibility index (Phi) is 10.9. The van der Waals surface area contributed by atoms with E-state index in [4.69, 9.17) is 43.1 Å². The lowest BCUT2D eigenvalue weighted by Crippen LogP contribution is -2.38. The number of carbonyl (C=O) groups is 2. The van der Waals surface area contributed by atoms with Gasteiger partial charge < -0.3 is 19.3 Å². The quantitative estimate of drug-likeness (QED) is 0.180. The molecule has 1 amide bonds. The third-order valence-electron chi connectivity index (χ3n) is 7.33. The van der Waals surface area contributed by atoms with Gasteiger partial charge >= 0.3 is 5.97 Å². The van der Waals surface area contributed by atoms with Gasteiger partial charge in [-0.25, -0.2) is 4.79 Å². The van der Waals surface area contributed by atoms with Crippen molar-refractivity contribution in [1.82, 2.24) is 9.80 Å². The molecule has 44 heavy (non-hydrogen) atoms. The molecular weight excluding hydrogens is 620 g/mol. The third kappa shape index (κ3) is 7.99. The molecule has 0 aliphatic carbocycles. The van der Waals surface area contributed by atoms with E-state index in [0.717, 1.165) is 55.1 Å². The summed E-state index contributed by atoms with van der Waals surface area (Å²) in [4.78, 5) is 29.1. The van der Waals surface area contributed by atoms with Crippen molar-refractivity contribution < 1.29 is 28.9 Å². The molecule has 2 aliphatic rings. The van der Waals surface area contributed by atoms with Crippen LogP contribution in [-0.4, -0.2) is 83.7 Å². The lowest BCUT2D eigenvalue weighted by molar-refractivity contribution is -0.122. The minimum Gasteiger partial charge on any atom is -0.494 e. The van der Waals surface area contributed by atoms with Gasteiger partial charge in [0, 0.05) is 37.3 Å². The van der Waals surface area contributed by atoms with E-state index in [1.807, 2.05) is 43.3 Å². The molecule has 0 bridgehead atoms. The van der Waals surface area contributed by atoms with Crippen molar-refractivity contribution >= 4 is 57.9 Å². The molecular formula is C33H33ClN2O6S2. The third-order valence-corrected chi connectivity index (χ3v) is 9.02. The van der Waals surface area contributed by atoms with Crippen LogP contribution >= 0.6 is 35.6 Å². The number of thioether (sulfide) groups is 1. The second kappa shape index (κ2) is 15.0. The van der Waals surface area contributed by atoms with Crippen molar-refractivity contribution in [3.8, 4) is 22.6 Å². The Bertz CT molecular complexity index is 1560. The Morgan fingerprint density at radius 2 is 1.84 bits per heavy atom. The molecule has 3 aromatic carbocycles. The Balaban J connectivity index is 1.37. The number of carboxylic acid groups (broad SMARTS) is 1. The minimum atomic E-state index is -0.975. The highest BCUT2D eigenvalue weighted by Gasteiger charge is 2.32. The van der Waals surface area contributed by atoms with Crippen LogP contribution in [0.1, 0.15) is 28.4 Å². The van der Waals surface area contributed by atoms with Crippen molar-refractivity contribution in [2.24, 2.45) is 0 Å². The van der Waals surface area contributed by atoms with Crippen LogP contribution in [0.4, 0.5) is 0 Å². The Labute approximate surface area is 271 Å². The van der Waals surface area contributed by atoms with Gasteiger partial charge in [-0.2, -0.15) is 0 Å². The van der Waals surface area contributed by atoms with Gasteiger partial charge in [-0.15, -0.1) is 0 Å². The number of carboxylic acids is 1. The predicted molar refractivity (Wildman–Crippen MR) is 178 cm³/mol. The summed E-state index contributed by atoms with van der Waals surface area (Å²) in [7, 11) is 0. The first-order chi connectivity index (χ1) is 21.3. The molecule has 2 aliphatic heterocycles. The maximum Gasteiger partial charge on any atom is 0.335 e. The molecule has 3 aromatic rings. The molecule has 0 atom stereocenters. The summed E-state index contributed by atoms with van der Waals surface area (Å²) in [5, 5.41) is 9.71. The number of rotatable bonds is 12. The van der Waals surface area contributed by atoms with Crippen LogP contribution in [0.25, 0.3) is 17.2 Å². The van der Waals surface area contributed by atoms with Crippen LogP contribution < -0.4 is 9.47 Å². The number of hydrogen-bond donors (Lipinski definition) is 1. The van der Waals surface area contributed by atoms with E-state index in [2.05, 4.69) is 4.90 Å². The van der Waals surface area contributed by atoms with Gasteiger partial charge in [0.15, 0.2) is 0 Å². The predicted octanol–water partition coefficient (Wildman–Crippen LogP) is 6.26. The average Bonchev–Trinajstić information content (AvgIpc) is 3.29. The van der Waals surface area contributed by atoms with Gasteiger partial charge in [0.1, 0.15) is 22.4 Å². The average molecular weight is 653 g/mol. The van der Waals surface area contributed by atoms with Crippen LogP contribution in [0, 0.1) is 0 Å². The van der Waals surface area contributed by atoms with Crippen LogP contribution in [0.2, 0.25) is 5.02 Å². The fraction of sp³-hybridized carbons (Fsp3) is 0.303. The van der Waals surface area contributed by atoms with E-state index in [0.29, 0.717) is 51.9 Å². The van der Waals surface area contributed by atoms with Crippen LogP contribution in [0.3, 0.4) is 0 Å². The van der Waals surface area contributed by atoms with Crippen LogP contribution in [-0.2, 0) is 16.0 Å². The molecule has 0 saturated carbocycles. The summed E-state index contributed by atoms with van der Waals surface area (Å²) in [6, 6.07) is 18.1. The number of halogens is 1. The zero-order chi connectivity index (χ0) is 31.1. The van der Waals surface area contributed by atoms with E-state index in [1.165, 1.54) is 11.8 Å². The molecule has 0 aromatic heterocycles. The van der Waals surface area contributed by atoms with Gasteiger partial charge in [-0.1, -0.05) is 53.8 Å². The Hall–Kier alpha value is -3.41. The van der Waals surface area contributed by atoms with Crippen LogP contribution in [0.5, 0.6) is 11.5 Å². The summed E-state index contributed by atoms with van der Waals surface area (Å²) in [6.45, 7) is 7.31. The standard InChI is InChI=1S/C33H33ClN2O6S2/c1-2-41-26-8-9-27(28(34)21-26)24-7-10-29(42-18-15-35-13-16-40-17-14-35)25(19-24)20-30-31(37)36(33(43)44-30)12-11-22-3-5-23(6-4-22)32(38)39/h3-10,19-21H,2,11-18H2,1H3,(H,38,39). The first-order valence-corrected chi connectivity index (χ1v) is 16.0. The number of morpholine rings is 1. The topological polar surface area (TPSA) is 88.5 Å². The van der Waals surface area contributed by atoms with E-state index in [1.54, 1.807) is 35.2 Å². The highest BCUT2D eigenvalue weighted by molar-refractivity contribution is 8.26. The van der Waals surface area contributed by atoms with Crippen molar-refractivity contribution in [2.75, 3.05) is 52.6 Å². The molecule has 5 rings (SSSR count). The first-order valence-electron chi connectivity index (χ1n) is 14.4. The summed E-state index contributed by atoms with van der Waals surface area (Å²) in [6.07, 6.45) is 2.37. The van der Waals surface area contributed by atoms with E-state index >= 15 is 0 Å². The second-order valence-electron chi connectivity index (χ2n) is 10.2. The van der Waals surface area contributed by atoms with Crippen molar-refractivity contribution in [1.29, 1.82) is 0 Å². The van der Waals surface area contributed by atoms with E-state index in [-0.39, 0.29) is 11.5 Å². The van der Waals surface area contributed by atoms with Crippen molar-refractivity contribution in [3.63, 3.8) is 0 Å². The fourth-order valence-electron chi connectivity index (χ4n) is 4.95. The van der Waals surface area contributed by atoms with Crippen LogP contribution in [0.15, 0.2) is 65.6 Å². The second-order valence-corrected chi connectivity index (χ2v) is 12.3. The molecule has 2 saturated heterocycles. The molecule has 11 heteroatoms.